The molecule has 2 aromatic rings. The number of nitrogens with one attached hydrogen (secondary N) is 1. The maximum Gasteiger partial charge on any atom is 0.244 e. The van der Waals surface area contributed by atoms with E-state index in [1.165, 1.54) is 29.2 Å². The molecule has 0 saturated carbocycles. The van der Waals surface area contributed by atoms with Gasteiger partial charge in [-0.2, -0.15) is 0 Å². The first-order valence-corrected chi connectivity index (χ1v) is 13.1. The standard InChI is InChI=1S/C25H34FN3O4S/c1-7-19(4)27-25(31)20(5)28(15-21-8-10-22(26)11-9-21)24(30)16-29(34(6,32)33)23-13-17(2)12-18(3)14-23/h8-14,19-20H,7,15-16H2,1-6H3,(H,27,31)/t19-,20+/m1/s1. The van der Waals surface area contributed by atoms with Gasteiger partial charge in [0, 0.05) is 12.6 Å². The molecular formula is C25H34FN3O4S. The number of benzene rings is 2. The number of hydrogen-bond acceptors (Lipinski definition) is 4. The van der Waals surface area contributed by atoms with Crippen molar-refractivity contribution in [2.75, 3.05) is 17.1 Å². The molecule has 0 unspecified atom stereocenters. The van der Waals surface area contributed by atoms with Crippen LogP contribution in [-0.2, 0) is 26.2 Å². The topological polar surface area (TPSA) is 86.8 Å². The average Bonchev–Trinajstić information content (AvgIpc) is 2.74. The molecule has 2 atom stereocenters. The Balaban J connectivity index is 2.41. The van der Waals surface area contributed by atoms with E-state index in [1.54, 1.807) is 19.1 Å². The van der Waals surface area contributed by atoms with Gasteiger partial charge in [-0.25, -0.2) is 12.8 Å². The molecule has 0 heterocycles. The number of carbonyl (C=O) groups is 2. The van der Waals surface area contributed by atoms with Crippen LogP contribution in [0, 0.1) is 19.7 Å². The first-order chi connectivity index (χ1) is 15.8. The highest BCUT2D eigenvalue weighted by atomic mass is 32.2. The van der Waals surface area contributed by atoms with Gasteiger partial charge in [0.05, 0.1) is 11.9 Å². The summed E-state index contributed by atoms with van der Waals surface area (Å²) in [6.07, 6.45) is 1.76. The second-order valence-corrected chi connectivity index (χ2v) is 10.7. The van der Waals surface area contributed by atoms with Gasteiger partial charge in [0.1, 0.15) is 18.4 Å². The number of nitrogens with zero attached hydrogens (tertiary/aromatic N) is 2. The molecule has 0 saturated heterocycles. The van der Waals surface area contributed by atoms with Gasteiger partial charge in [-0.15, -0.1) is 0 Å². The molecule has 186 valence electrons. The van der Waals surface area contributed by atoms with Gasteiger partial charge in [-0.3, -0.25) is 13.9 Å². The van der Waals surface area contributed by atoms with Crippen molar-refractivity contribution in [2.45, 2.75) is 59.7 Å². The van der Waals surface area contributed by atoms with Gasteiger partial charge in [0.15, 0.2) is 0 Å². The number of carbonyl (C=O) groups excluding carboxylic acids is 2. The number of hydrogen-bond donors (Lipinski definition) is 1. The Hall–Kier alpha value is -2.94. The molecule has 0 aliphatic carbocycles. The lowest BCUT2D eigenvalue weighted by Crippen LogP contribution is -2.52. The quantitative estimate of drug-likeness (QED) is 0.551. The minimum atomic E-state index is -3.79. The maximum atomic E-state index is 13.5. The Kier molecular flexibility index (Phi) is 9.21. The number of sulfonamides is 1. The van der Waals surface area contributed by atoms with E-state index in [0.717, 1.165) is 28.1 Å². The van der Waals surface area contributed by atoms with Crippen molar-refractivity contribution in [1.29, 1.82) is 0 Å². The molecule has 0 aliphatic rings. The second-order valence-electron chi connectivity index (χ2n) is 8.76. The summed E-state index contributed by atoms with van der Waals surface area (Å²) in [6, 6.07) is 9.98. The predicted octanol–water partition coefficient (Wildman–Crippen LogP) is 3.54. The van der Waals surface area contributed by atoms with Crippen molar-refractivity contribution in [3.8, 4) is 0 Å². The maximum absolute atomic E-state index is 13.5. The molecule has 0 aliphatic heterocycles. The molecule has 2 rings (SSSR count). The third-order valence-corrected chi connectivity index (χ3v) is 6.75. The van der Waals surface area contributed by atoms with Gasteiger partial charge in [-0.1, -0.05) is 25.1 Å². The molecule has 1 N–H and O–H groups in total. The van der Waals surface area contributed by atoms with E-state index in [2.05, 4.69) is 5.32 Å². The molecular weight excluding hydrogens is 457 g/mol. The summed E-state index contributed by atoms with van der Waals surface area (Å²) in [7, 11) is -3.79. The van der Waals surface area contributed by atoms with Crippen molar-refractivity contribution in [3.63, 3.8) is 0 Å². The van der Waals surface area contributed by atoms with Crippen LogP contribution in [-0.4, -0.2) is 50.0 Å². The van der Waals surface area contributed by atoms with Crippen LogP contribution in [0.2, 0.25) is 0 Å². The van der Waals surface area contributed by atoms with E-state index < -0.39 is 34.3 Å². The van der Waals surface area contributed by atoms with Crippen LogP contribution in [0.25, 0.3) is 0 Å². The molecule has 2 aromatic carbocycles. The molecule has 0 spiro atoms. The third-order valence-electron chi connectivity index (χ3n) is 5.61. The van der Waals surface area contributed by atoms with Gasteiger partial charge in [0.25, 0.3) is 0 Å². The van der Waals surface area contributed by atoms with Crippen LogP contribution in [0.3, 0.4) is 0 Å². The van der Waals surface area contributed by atoms with Crippen molar-refractivity contribution in [1.82, 2.24) is 10.2 Å². The number of aryl methyl sites for hydroxylation is 2. The molecule has 0 bridgehead atoms. The van der Waals surface area contributed by atoms with Crippen LogP contribution in [0.5, 0.6) is 0 Å². The molecule has 34 heavy (non-hydrogen) atoms. The normalized spacial score (nSPS) is 13.1. The van der Waals surface area contributed by atoms with Crippen molar-refractivity contribution < 1.29 is 22.4 Å². The van der Waals surface area contributed by atoms with E-state index >= 15 is 0 Å². The van der Waals surface area contributed by atoms with Gasteiger partial charge >= 0.3 is 0 Å². The fourth-order valence-electron chi connectivity index (χ4n) is 3.54. The predicted molar refractivity (Wildman–Crippen MR) is 132 cm³/mol. The largest absolute Gasteiger partial charge is 0.352 e. The zero-order chi connectivity index (χ0) is 25.6. The first-order valence-electron chi connectivity index (χ1n) is 11.2. The number of anilines is 1. The molecule has 0 aromatic heterocycles. The summed E-state index contributed by atoms with van der Waals surface area (Å²) in [4.78, 5) is 27.7. The van der Waals surface area contributed by atoms with E-state index in [4.69, 9.17) is 0 Å². The van der Waals surface area contributed by atoms with Crippen molar-refractivity contribution >= 4 is 27.5 Å². The van der Waals surface area contributed by atoms with Crippen LogP contribution in [0.1, 0.15) is 43.9 Å². The summed E-state index contributed by atoms with van der Waals surface area (Å²) in [5.74, 6) is -1.30. The lowest BCUT2D eigenvalue weighted by atomic mass is 10.1. The van der Waals surface area contributed by atoms with Gasteiger partial charge < -0.3 is 10.2 Å². The van der Waals surface area contributed by atoms with E-state index in [0.29, 0.717) is 11.3 Å². The summed E-state index contributed by atoms with van der Waals surface area (Å²) >= 11 is 0. The molecule has 0 fully saturated rings. The Bertz CT molecular complexity index is 1100. The molecule has 7 nitrogen and oxygen atoms in total. The number of halogens is 1. The highest BCUT2D eigenvalue weighted by molar-refractivity contribution is 7.92. The first kappa shape index (κ1) is 27.3. The van der Waals surface area contributed by atoms with E-state index in [-0.39, 0.29) is 18.5 Å². The summed E-state index contributed by atoms with van der Waals surface area (Å²) in [6.45, 7) is 8.65. The minimum Gasteiger partial charge on any atom is -0.352 e. The minimum absolute atomic E-state index is 0.0264. The average molecular weight is 492 g/mol. The summed E-state index contributed by atoms with van der Waals surface area (Å²) in [5.41, 5.74) is 2.73. The van der Waals surface area contributed by atoms with Crippen molar-refractivity contribution in [2.24, 2.45) is 0 Å². The fourth-order valence-corrected chi connectivity index (χ4v) is 4.38. The number of amides is 2. The van der Waals surface area contributed by atoms with Crippen LogP contribution in [0.4, 0.5) is 10.1 Å². The lowest BCUT2D eigenvalue weighted by Gasteiger charge is -2.32. The Morgan fingerprint density at radius 1 is 1.03 bits per heavy atom. The Labute approximate surface area is 202 Å². The summed E-state index contributed by atoms with van der Waals surface area (Å²) in [5, 5.41) is 2.87. The smallest absolute Gasteiger partial charge is 0.244 e. The third kappa shape index (κ3) is 7.55. The zero-order valence-electron chi connectivity index (χ0n) is 20.6. The number of rotatable bonds is 10. The van der Waals surface area contributed by atoms with E-state index in [9.17, 15) is 22.4 Å². The molecule has 0 radical (unpaired) electrons. The SMILES string of the molecule is CC[C@@H](C)NC(=O)[C@H](C)N(Cc1ccc(F)cc1)C(=O)CN(c1cc(C)cc(C)c1)S(C)(=O)=O. The summed E-state index contributed by atoms with van der Waals surface area (Å²) < 4.78 is 39.7. The van der Waals surface area contributed by atoms with Gasteiger partial charge in [0.2, 0.25) is 21.8 Å². The van der Waals surface area contributed by atoms with Gasteiger partial charge in [-0.05, 0) is 75.1 Å². The monoisotopic (exact) mass is 491 g/mol. The fraction of sp³-hybridized carbons (Fsp3) is 0.440. The Morgan fingerprint density at radius 2 is 1.59 bits per heavy atom. The van der Waals surface area contributed by atoms with Crippen LogP contribution >= 0.6 is 0 Å². The lowest BCUT2D eigenvalue weighted by molar-refractivity contribution is -0.139. The van der Waals surface area contributed by atoms with Crippen LogP contribution in [0.15, 0.2) is 42.5 Å². The zero-order valence-corrected chi connectivity index (χ0v) is 21.4. The highest BCUT2D eigenvalue weighted by Gasteiger charge is 2.30. The molecule has 9 heteroatoms. The van der Waals surface area contributed by atoms with Crippen molar-refractivity contribution in [3.05, 3.63) is 65.0 Å². The molecule has 2 amide bonds. The Morgan fingerprint density at radius 3 is 2.09 bits per heavy atom. The highest BCUT2D eigenvalue weighted by Crippen LogP contribution is 2.22. The van der Waals surface area contributed by atoms with Crippen LogP contribution < -0.4 is 9.62 Å². The van der Waals surface area contributed by atoms with E-state index in [1.807, 2.05) is 33.8 Å². The second kappa shape index (κ2) is 11.5.